The lowest BCUT2D eigenvalue weighted by atomic mass is 10.1. The Morgan fingerprint density at radius 1 is 1.17 bits per heavy atom. The Balaban J connectivity index is 2.01. The predicted octanol–water partition coefficient (Wildman–Crippen LogP) is 2.23. The van der Waals surface area contributed by atoms with Crippen molar-refractivity contribution >= 4 is 17.6 Å². The molecule has 0 spiro atoms. The van der Waals surface area contributed by atoms with Crippen molar-refractivity contribution in [3.05, 3.63) is 69.5 Å². The number of methoxy groups -OCH3 is 1. The zero-order valence-electron chi connectivity index (χ0n) is 15.6. The van der Waals surface area contributed by atoms with Gasteiger partial charge in [-0.15, -0.1) is 0 Å². The van der Waals surface area contributed by atoms with Crippen molar-refractivity contribution in [2.24, 2.45) is 0 Å². The number of non-ortho nitro benzene ring substituents is 1. The van der Waals surface area contributed by atoms with Crippen LogP contribution in [0.1, 0.15) is 15.9 Å². The van der Waals surface area contributed by atoms with Gasteiger partial charge in [0.2, 0.25) is 0 Å². The largest absolute Gasteiger partial charge is 0.481 e. The number of halogens is 1. The van der Waals surface area contributed by atoms with Crippen LogP contribution < -0.4 is 10.1 Å². The van der Waals surface area contributed by atoms with Gasteiger partial charge in [0.15, 0.2) is 6.61 Å². The molecule has 0 fully saturated rings. The van der Waals surface area contributed by atoms with Gasteiger partial charge in [-0.3, -0.25) is 14.9 Å². The number of amides is 1. The lowest BCUT2D eigenvalue weighted by molar-refractivity contribution is -0.384. The van der Waals surface area contributed by atoms with E-state index in [0.29, 0.717) is 5.56 Å². The SMILES string of the molecule is COCCOC(=O)COc1cc(F)ccc1C(=O)NCc1cccc([N+](=O)[O-])c1. The van der Waals surface area contributed by atoms with Gasteiger partial charge in [0.05, 0.1) is 17.1 Å². The third-order valence-corrected chi connectivity index (χ3v) is 3.66. The Kier molecular flexibility index (Phi) is 8.04. The molecule has 2 aromatic rings. The summed E-state index contributed by atoms with van der Waals surface area (Å²) in [6.07, 6.45) is 0. The van der Waals surface area contributed by atoms with Crippen LogP contribution >= 0.6 is 0 Å². The molecular weight excluding hydrogens is 387 g/mol. The average Bonchev–Trinajstić information content (AvgIpc) is 2.71. The fraction of sp³-hybridized carbons (Fsp3) is 0.263. The summed E-state index contributed by atoms with van der Waals surface area (Å²) in [5.41, 5.74) is 0.412. The molecule has 10 heteroatoms. The van der Waals surface area contributed by atoms with Crippen LogP contribution in [-0.4, -0.2) is 43.7 Å². The lowest BCUT2D eigenvalue weighted by Crippen LogP contribution is -2.24. The first kappa shape index (κ1) is 21.8. The van der Waals surface area contributed by atoms with E-state index in [0.717, 1.165) is 12.1 Å². The van der Waals surface area contributed by atoms with Gasteiger partial charge >= 0.3 is 5.97 Å². The number of nitrogens with one attached hydrogen (secondary N) is 1. The fourth-order valence-corrected chi connectivity index (χ4v) is 2.28. The van der Waals surface area contributed by atoms with Crippen LogP contribution in [0.4, 0.5) is 10.1 Å². The highest BCUT2D eigenvalue weighted by Gasteiger charge is 2.16. The molecule has 29 heavy (non-hydrogen) atoms. The molecule has 0 heterocycles. The third-order valence-electron chi connectivity index (χ3n) is 3.66. The van der Waals surface area contributed by atoms with Gasteiger partial charge in [-0.25, -0.2) is 9.18 Å². The van der Waals surface area contributed by atoms with E-state index in [1.54, 1.807) is 6.07 Å². The van der Waals surface area contributed by atoms with Crippen LogP contribution in [0.5, 0.6) is 5.75 Å². The number of carbonyl (C=O) groups excluding carboxylic acids is 2. The molecule has 2 rings (SSSR count). The zero-order valence-corrected chi connectivity index (χ0v) is 15.6. The number of hydrogen-bond donors (Lipinski definition) is 1. The molecule has 0 saturated carbocycles. The molecule has 0 aliphatic rings. The summed E-state index contributed by atoms with van der Waals surface area (Å²) in [6.45, 7) is -0.246. The van der Waals surface area contributed by atoms with E-state index in [1.807, 2.05) is 0 Å². The Hall–Kier alpha value is -3.53. The first-order valence-corrected chi connectivity index (χ1v) is 8.49. The number of rotatable bonds is 10. The topological polar surface area (TPSA) is 117 Å². The Labute approximate surface area is 165 Å². The number of ether oxygens (including phenoxy) is 3. The number of nitro benzene ring substituents is 1. The average molecular weight is 406 g/mol. The van der Waals surface area contributed by atoms with Crippen LogP contribution in [0.15, 0.2) is 42.5 Å². The van der Waals surface area contributed by atoms with Gasteiger partial charge in [0, 0.05) is 31.9 Å². The summed E-state index contributed by atoms with van der Waals surface area (Å²) in [5.74, 6) is -2.08. The maximum Gasteiger partial charge on any atom is 0.344 e. The second-order valence-electron chi connectivity index (χ2n) is 5.75. The number of nitro groups is 1. The minimum Gasteiger partial charge on any atom is -0.481 e. The Morgan fingerprint density at radius 2 is 1.97 bits per heavy atom. The number of nitrogens with zero attached hydrogens (tertiary/aromatic N) is 1. The zero-order chi connectivity index (χ0) is 21.2. The summed E-state index contributed by atoms with van der Waals surface area (Å²) in [4.78, 5) is 34.3. The van der Waals surface area contributed by atoms with Gasteiger partial charge in [-0.2, -0.15) is 0 Å². The molecule has 154 valence electrons. The molecule has 0 aliphatic carbocycles. The minimum atomic E-state index is -0.700. The van der Waals surface area contributed by atoms with E-state index >= 15 is 0 Å². The van der Waals surface area contributed by atoms with E-state index in [9.17, 15) is 24.1 Å². The molecule has 1 N–H and O–H groups in total. The third kappa shape index (κ3) is 6.85. The van der Waals surface area contributed by atoms with Crippen molar-refractivity contribution in [1.82, 2.24) is 5.32 Å². The Bertz CT molecular complexity index is 889. The molecule has 1 amide bonds. The van der Waals surface area contributed by atoms with Crippen molar-refractivity contribution in [1.29, 1.82) is 0 Å². The van der Waals surface area contributed by atoms with Crippen molar-refractivity contribution < 1.29 is 33.1 Å². The van der Waals surface area contributed by atoms with Crippen molar-refractivity contribution in [3.8, 4) is 5.75 Å². The summed E-state index contributed by atoms with van der Waals surface area (Å²) in [5, 5.41) is 13.4. The van der Waals surface area contributed by atoms with E-state index in [2.05, 4.69) is 5.32 Å². The van der Waals surface area contributed by atoms with Crippen LogP contribution in [0, 0.1) is 15.9 Å². The normalized spacial score (nSPS) is 10.3. The second kappa shape index (κ2) is 10.7. The van der Waals surface area contributed by atoms with Crippen molar-refractivity contribution in [3.63, 3.8) is 0 Å². The quantitative estimate of drug-likeness (QED) is 0.278. The molecule has 9 nitrogen and oxygen atoms in total. The van der Waals surface area contributed by atoms with Gasteiger partial charge in [-0.1, -0.05) is 12.1 Å². The minimum absolute atomic E-state index is 0.00141. The maximum atomic E-state index is 13.5. The fourth-order valence-electron chi connectivity index (χ4n) is 2.28. The highest BCUT2D eigenvalue weighted by atomic mass is 19.1. The molecule has 0 unspecified atom stereocenters. The molecule has 0 saturated heterocycles. The van der Waals surface area contributed by atoms with E-state index in [-0.39, 0.29) is 36.8 Å². The Morgan fingerprint density at radius 3 is 2.69 bits per heavy atom. The van der Waals surface area contributed by atoms with Gasteiger partial charge in [0.25, 0.3) is 11.6 Å². The van der Waals surface area contributed by atoms with E-state index < -0.39 is 29.2 Å². The first-order chi connectivity index (χ1) is 13.9. The smallest absolute Gasteiger partial charge is 0.344 e. The van der Waals surface area contributed by atoms with Crippen LogP contribution in [0.3, 0.4) is 0 Å². The highest BCUT2D eigenvalue weighted by Crippen LogP contribution is 2.20. The van der Waals surface area contributed by atoms with E-state index in [1.165, 1.54) is 31.4 Å². The molecule has 0 bridgehead atoms. The standard InChI is InChI=1S/C19H19FN2O7/c1-27-7-8-28-18(23)12-29-17-10-14(20)5-6-16(17)19(24)21-11-13-3-2-4-15(9-13)22(25)26/h2-6,9-10H,7-8,11-12H2,1H3,(H,21,24). The van der Waals surface area contributed by atoms with Crippen LogP contribution in [0.2, 0.25) is 0 Å². The molecule has 0 radical (unpaired) electrons. The van der Waals surface area contributed by atoms with Crippen LogP contribution in [-0.2, 0) is 20.8 Å². The molecule has 0 aliphatic heterocycles. The summed E-state index contributed by atoms with van der Waals surface area (Å²) >= 11 is 0. The molecule has 0 atom stereocenters. The van der Waals surface area contributed by atoms with Crippen molar-refractivity contribution in [2.45, 2.75) is 6.54 Å². The maximum absolute atomic E-state index is 13.5. The number of esters is 1. The monoisotopic (exact) mass is 406 g/mol. The number of benzene rings is 2. The summed E-state index contributed by atoms with van der Waals surface area (Å²) in [7, 11) is 1.45. The number of hydrogen-bond acceptors (Lipinski definition) is 7. The second-order valence-corrected chi connectivity index (χ2v) is 5.75. The number of carbonyl (C=O) groups is 2. The molecular formula is C19H19FN2O7. The molecule has 2 aromatic carbocycles. The van der Waals surface area contributed by atoms with Crippen molar-refractivity contribution in [2.75, 3.05) is 26.9 Å². The highest BCUT2D eigenvalue weighted by molar-refractivity contribution is 5.97. The predicted molar refractivity (Wildman–Crippen MR) is 99.0 cm³/mol. The lowest BCUT2D eigenvalue weighted by Gasteiger charge is -2.12. The molecule has 0 aromatic heterocycles. The van der Waals surface area contributed by atoms with E-state index in [4.69, 9.17) is 14.2 Å². The van der Waals surface area contributed by atoms with Gasteiger partial charge in [0.1, 0.15) is 18.2 Å². The summed E-state index contributed by atoms with van der Waals surface area (Å²) in [6, 6.07) is 9.05. The van der Waals surface area contributed by atoms with Gasteiger partial charge < -0.3 is 19.5 Å². The van der Waals surface area contributed by atoms with Gasteiger partial charge in [-0.05, 0) is 17.7 Å². The summed E-state index contributed by atoms with van der Waals surface area (Å²) < 4.78 is 28.4. The first-order valence-electron chi connectivity index (χ1n) is 8.49. The van der Waals surface area contributed by atoms with Crippen LogP contribution in [0.25, 0.3) is 0 Å².